The standard InChI is InChI=1S/C15H27NO5/c1-14(2,3)21-13(17)16-10-7-9(8-18-6)11-12(10)20-15(4,5)19-11/h9-12H,7-8H2,1-6H3,(H,16,17)/t9-,10-,11-,12+/m1/s1. The number of nitrogens with one attached hydrogen (secondary N) is 1. The van der Waals surface area contributed by atoms with Crippen LogP contribution in [-0.2, 0) is 18.9 Å². The molecule has 1 amide bonds. The molecule has 0 unspecified atom stereocenters. The highest BCUT2D eigenvalue weighted by molar-refractivity contribution is 5.68. The third-order valence-corrected chi connectivity index (χ3v) is 3.66. The van der Waals surface area contributed by atoms with Gasteiger partial charge < -0.3 is 24.3 Å². The summed E-state index contributed by atoms with van der Waals surface area (Å²) in [5.74, 6) is -0.419. The molecule has 0 aromatic rings. The molecule has 1 saturated heterocycles. The predicted octanol–water partition coefficient (Wildman–Crippen LogP) is 2.07. The van der Waals surface area contributed by atoms with Crippen molar-refractivity contribution in [1.82, 2.24) is 5.32 Å². The number of fused-ring (bicyclic) bond motifs is 1. The van der Waals surface area contributed by atoms with Crippen LogP contribution >= 0.6 is 0 Å². The summed E-state index contributed by atoms with van der Waals surface area (Å²) in [6.45, 7) is 9.90. The second-order valence-corrected chi connectivity index (χ2v) is 7.27. The first-order valence-electron chi connectivity index (χ1n) is 7.45. The van der Waals surface area contributed by atoms with E-state index < -0.39 is 17.5 Å². The molecule has 1 saturated carbocycles. The first-order valence-corrected chi connectivity index (χ1v) is 7.45. The monoisotopic (exact) mass is 301 g/mol. The quantitative estimate of drug-likeness (QED) is 0.864. The summed E-state index contributed by atoms with van der Waals surface area (Å²) in [4.78, 5) is 12.0. The number of methoxy groups -OCH3 is 1. The molecule has 6 nitrogen and oxygen atoms in total. The van der Waals surface area contributed by atoms with Crippen molar-refractivity contribution in [3.05, 3.63) is 0 Å². The fraction of sp³-hybridized carbons (Fsp3) is 0.933. The van der Waals surface area contributed by atoms with E-state index in [2.05, 4.69) is 5.32 Å². The number of ether oxygens (including phenoxy) is 4. The van der Waals surface area contributed by atoms with Gasteiger partial charge in [-0.25, -0.2) is 4.79 Å². The first-order chi connectivity index (χ1) is 9.61. The lowest BCUT2D eigenvalue weighted by Gasteiger charge is -2.25. The summed E-state index contributed by atoms with van der Waals surface area (Å²) >= 11 is 0. The largest absolute Gasteiger partial charge is 0.444 e. The van der Waals surface area contributed by atoms with Gasteiger partial charge in [-0.05, 0) is 41.0 Å². The van der Waals surface area contributed by atoms with Crippen molar-refractivity contribution in [3.8, 4) is 0 Å². The van der Waals surface area contributed by atoms with E-state index in [1.54, 1.807) is 7.11 Å². The van der Waals surface area contributed by atoms with Crippen molar-refractivity contribution in [2.75, 3.05) is 13.7 Å². The number of hydrogen-bond acceptors (Lipinski definition) is 5. The fourth-order valence-electron chi connectivity index (χ4n) is 3.06. The van der Waals surface area contributed by atoms with Crippen molar-refractivity contribution in [3.63, 3.8) is 0 Å². The van der Waals surface area contributed by atoms with Crippen molar-refractivity contribution < 1.29 is 23.7 Å². The van der Waals surface area contributed by atoms with Crippen LogP contribution < -0.4 is 5.32 Å². The minimum Gasteiger partial charge on any atom is -0.444 e. The third-order valence-electron chi connectivity index (χ3n) is 3.66. The van der Waals surface area contributed by atoms with Crippen LogP contribution in [0.15, 0.2) is 0 Å². The molecule has 2 rings (SSSR count). The Bertz CT molecular complexity index is 390. The molecule has 21 heavy (non-hydrogen) atoms. The highest BCUT2D eigenvalue weighted by atomic mass is 16.8. The Balaban J connectivity index is 2.01. The average Bonchev–Trinajstić information content (AvgIpc) is 2.73. The average molecular weight is 301 g/mol. The Morgan fingerprint density at radius 1 is 1.29 bits per heavy atom. The van der Waals surface area contributed by atoms with Crippen molar-refractivity contribution in [1.29, 1.82) is 0 Å². The van der Waals surface area contributed by atoms with Crippen LogP contribution in [0, 0.1) is 5.92 Å². The van der Waals surface area contributed by atoms with Gasteiger partial charge in [0.15, 0.2) is 5.79 Å². The minimum absolute atomic E-state index is 0.0557. The summed E-state index contributed by atoms with van der Waals surface area (Å²) in [5, 5.41) is 2.91. The van der Waals surface area contributed by atoms with Gasteiger partial charge >= 0.3 is 6.09 Å². The zero-order chi connectivity index (χ0) is 15.8. The van der Waals surface area contributed by atoms with E-state index in [9.17, 15) is 4.79 Å². The van der Waals surface area contributed by atoms with Crippen molar-refractivity contribution in [2.45, 2.75) is 70.7 Å². The van der Waals surface area contributed by atoms with Crippen LogP contribution in [0.25, 0.3) is 0 Å². The maximum atomic E-state index is 12.0. The van der Waals surface area contributed by atoms with E-state index in [0.29, 0.717) is 6.61 Å². The van der Waals surface area contributed by atoms with Crippen LogP contribution in [0.3, 0.4) is 0 Å². The number of rotatable bonds is 3. The molecule has 0 aromatic heterocycles. The number of alkyl carbamates (subject to hydrolysis) is 1. The smallest absolute Gasteiger partial charge is 0.407 e. The molecule has 2 fully saturated rings. The maximum absolute atomic E-state index is 12.0. The SMILES string of the molecule is COC[C@H]1C[C@@H](NC(=O)OC(C)(C)C)[C@@H]2OC(C)(C)O[C@H]12. The molecular weight excluding hydrogens is 274 g/mol. The summed E-state index contributed by atoms with van der Waals surface area (Å²) < 4.78 is 22.5. The Kier molecular flexibility index (Phi) is 4.52. The Labute approximate surface area is 126 Å². The third kappa shape index (κ3) is 4.08. The molecular formula is C15H27NO5. The van der Waals surface area contributed by atoms with E-state index in [-0.39, 0.29) is 24.2 Å². The molecule has 4 atom stereocenters. The zero-order valence-corrected chi connectivity index (χ0v) is 13.8. The van der Waals surface area contributed by atoms with Gasteiger partial charge in [0.05, 0.1) is 18.8 Å². The van der Waals surface area contributed by atoms with E-state index in [1.165, 1.54) is 0 Å². The van der Waals surface area contributed by atoms with Crippen molar-refractivity contribution in [2.24, 2.45) is 5.92 Å². The molecule has 2 aliphatic rings. The van der Waals surface area contributed by atoms with Crippen LogP contribution in [-0.4, -0.2) is 49.4 Å². The molecule has 1 N–H and O–H groups in total. The van der Waals surface area contributed by atoms with Gasteiger partial charge in [0.1, 0.15) is 11.7 Å². The lowest BCUT2D eigenvalue weighted by molar-refractivity contribution is -0.160. The lowest BCUT2D eigenvalue weighted by Crippen LogP contribution is -2.45. The highest BCUT2D eigenvalue weighted by Gasteiger charge is 2.54. The predicted molar refractivity (Wildman–Crippen MR) is 77.0 cm³/mol. The Morgan fingerprint density at radius 3 is 2.48 bits per heavy atom. The number of carbonyl (C=O) groups is 1. The second kappa shape index (κ2) is 5.74. The van der Waals surface area contributed by atoms with Crippen molar-refractivity contribution >= 4 is 6.09 Å². The van der Waals surface area contributed by atoms with E-state index >= 15 is 0 Å². The number of carbonyl (C=O) groups excluding carboxylic acids is 1. The summed E-state index contributed by atoms with van der Waals surface area (Å²) in [6, 6.07) is -0.119. The number of amides is 1. The van der Waals surface area contributed by atoms with E-state index in [1.807, 2.05) is 34.6 Å². The van der Waals surface area contributed by atoms with Crippen LogP contribution in [0.5, 0.6) is 0 Å². The summed E-state index contributed by atoms with van der Waals surface area (Å²) in [5.41, 5.74) is -0.514. The molecule has 1 heterocycles. The van der Waals surface area contributed by atoms with E-state index in [0.717, 1.165) is 6.42 Å². The lowest BCUT2D eigenvalue weighted by atomic mass is 10.1. The van der Waals surface area contributed by atoms with E-state index in [4.69, 9.17) is 18.9 Å². The fourth-order valence-corrected chi connectivity index (χ4v) is 3.06. The Hall–Kier alpha value is -0.850. The summed E-state index contributed by atoms with van der Waals surface area (Å²) in [7, 11) is 1.67. The molecule has 122 valence electrons. The van der Waals surface area contributed by atoms with Gasteiger partial charge in [-0.2, -0.15) is 0 Å². The highest BCUT2D eigenvalue weighted by Crippen LogP contribution is 2.41. The first kappa shape index (κ1) is 16.5. The molecule has 0 aromatic carbocycles. The van der Waals surface area contributed by atoms with Crippen LogP contribution in [0.1, 0.15) is 41.0 Å². The van der Waals surface area contributed by atoms with Crippen LogP contribution in [0.2, 0.25) is 0 Å². The van der Waals surface area contributed by atoms with Gasteiger partial charge in [0, 0.05) is 13.0 Å². The van der Waals surface area contributed by atoms with Crippen LogP contribution in [0.4, 0.5) is 4.79 Å². The number of hydrogen-bond donors (Lipinski definition) is 1. The Morgan fingerprint density at radius 2 is 1.90 bits per heavy atom. The molecule has 6 heteroatoms. The normalized spacial score (nSPS) is 34.6. The zero-order valence-electron chi connectivity index (χ0n) is 13.8. The molecule has 0 spiro atoms. The van der Waals surface area contributed by atoms with Gasteiger partial charge in [-0.3, -0.25) is 0 Å². The molecule has 1 aliphatic carbocycles. The van der Waals surface area contributed by atoms with Gasteiger partial charge in [-0.1, -0.05) is 0 Å². The van der Waals surface area contributed by atoms with Gasteiger partial charge in [0.2, 0.25) is 0 Å². The maximum Gasteiger partial charge on any atom is 0.407 e. The topological polar surface area (TPSA) is 66.0 Å². The molecule has 0 radical (unpaired) electrons. The molecule has 1 aliphatic heterocycles. The second-order valence-electron chi connectivity index (χ2n) is 7.27. The summed E-state index contributed by atoms with van der Waals surface area (Å²) in [6.07, 6.45) is 0.128. The van der Waals surface area contributed by atoms with Gasteiger partial charge in [-0.15, -0.1) is 0 Å². The van der Waals surface area contributed by atoms with Gasteiger partial charge in [0.25, 0.3) is 0 Å². The minimum atomic E-state index is -0.629. The molecule has 0 bridgehead atoms.